The average Bonchev–Trinajstić information content (AvgIpc) is 3.09. The number of esters is 1. The van der Waals surface area contributed by atoms with Crippen molar-refractivity contribution in [1.82, 2.24) is 4.57 Å². The van der Waals surface area contributed by atoms with Gasteiger partial charge in [-0.3, -0.25) is 9.36 Å². The summed E-state index contributed by atoms with van der Waals surface area (Å²) in [6.45, 7) is 4.18. The molecule has 6 nitrogen and oxygen atoms in total. The number of hydrogen-bond acceptors (Lipinski definition) is 6. The minimum Gasteiger partial charge on any atom is -0.493 e. The number of carbonyl (C=O) groups is 1. The Morgan fingerprint density at radius 1 is 1.22 bits per heavy atom. The molecule has 0 saturated heterocycles. The molecule has 0 spiro atoms. The first-order valence-corrected chi connectivity index (χ1v) is 11.2. The standard InChI is InChI=1S/C24H21ClN2O4S/c1-4-31-18-8-6-5-7-16(18)13-19-22(28)27-21(15-9-11-17(25)12-10-15)20(23(29)30-3)14(2)26-24(27)32-19/h5-13,21H,4H2,1-3H3. The van der Waals surface area contributed by atoms with Gasteiger partial charge < -0.3 is 9.47 Å². The van der Waals surface area contributed by atoms with E-state index in [1.165, 1.54) is 18.4 Å². The lowest BCUT2D eigenvalue weighted by Gasteiger charge is -2.24. The van der Waals surface area contributed by atoms with E-state index in [0.29, 0.717) is 38.0 Å². The van der Waals surface area contributed by atoms with Crippen molar-refractivity contribution in [2.24, 2.45) is 4.99 Å². The van der Waals surface area contributed by atoms with E-state index in [9.17, 15) is 9.59 Å². The SMILES string of the molecule is CCOc1ccccc1C=c1sc2n(c1=O)C(c1ccc(Cl)cc1)C(C(=O)OC)=C(C)N=2. The normalized spacial score (nSPS) is 15.9. The number of methoxy groups -OCH3 is 1. The number of ether oxygens (including phenoxy) is 2. The fourth-order valence-corrected chi connectivity index (χ4v) is 4.84. The van der Waals surface area contributed by atoms with Crippen LogP contribution in [0.25, 0.3) is 6.08 Å². The van der Waals surface area contributed by atoms with E-state index in [1.54, 1.807) is 41.8 Å². The molecule has 0 aliphatic carbocycles. The van der Waals surface area contributed by atoms with Gasteiger partial charge in [-0.25, -0.2) is 9.79 Å². The molecule has 1 unspecified atom stereocenters. The highest BCUT2D eigenvalue weighted by molar-refractivity contribution is 7.07. The zero-order valence-electron chi connectivity index (χ0n) is 17.8. The van der Waals surface area contributed by atoms with Crippen molar-refractivity contribution < 1.29 is 14.3 Å². The second kappa shape index (κ2) is 9.14. The Morgan fingerprint density at radius 3 is 2.62 bits per heavy atom. The highest BCUT2D eigenvalue weighted by Crippen LogP contribution is 2.31. The lowest BCUT2D eigenvalue weighted by molar-refractivity contribution is -0.136. The second-order valence-corrected chi connectivity index (χ2v) is 8.54. The van der Waals surface area contributed by atoms with Crippen LogP contribution in [0.1, 0.15) is 31.0 Å². The Bertz CT molecular complexity index is 1390. The van der Waals surface area contributed by atoms with Crippen LogP contribution in [0.4, 0.5) is 0 Å². The van der Waals surface area contributed by atoms with Crippen LogP contribution in [-0.4, -0.2) is 24.3 Å². The van der Waals surface area contributed by atoms with Gasteiger partial charge in [0.05, 0.1) is 35.6 Å². The Hall–Kier alpha value is -3.16. The molecule has 0 bridgehead atoms. The molecule has 0 amide bonds. The summed E-state index contributed by atoms with van der Waals surface area (Å²) in [5.41, 5.74) is 2.13. The van der Waals surface area contributed by atoms with Crippen molar-refractivity contribution in [3.8, 4) is 5.75 Å². The van der Waals surface area contributed by atoms with Crippen LogP contribution in [-0.2, 0) is 9.53 Å². The molecule has 0 radical (unpaired) electrons. The summed E-state index contributed by atoms with van der Waals surface area (Å²) >= 11 is 7.34. The van der Waals surface area contributed by atoms with Crippen LogP contribution in [0.15, 0.2) is 69.6 Å². The van der Waals surface area contributed by atoms with Gasteiger partial charge >= 0.3 is 5.97 Å². The fourth-order valence-electron chi connectivity index (χ4n) is 3.68. The lowest BCUT2D eigenvalue weighted by atomic mass is 9.96. The molecule has 3 aromatic rings. The van der Waals surface area contributed by atoms with Gasteiger partial charge in [0.25, 0.3) is 5.56 Å². The zero-order valence-corrected chi connectivity index (χ0v) is 19.4. The van der Waals surface area contributed by atoms with Crippen LogP contribution in [0.2, 0.25) is 5.02 Å². The van der Waals surface area contributed by atoms with Crippen molar-refractivity contribution in [3.05, 3.63) is 95.6 Å². The predicted octanol–water partition coefficient (Wildman–Crippen LogP) is 3.46. The molecule has 1 aromatic heterocycles. The molecule has 2 heterocycles. The second-order valence-electron chi connectivity index (χ2n) is 7.10. The number of rotatable bonds is 5. The quantitative estimate of drug-likeness (QED) is 0.538. The molecular weight excluding hydrogens is 448 g/mol. The summed E-state index contributed by atoms with van der Waals surface area (Å²) in [7, 11) is 1.32. The molecule has 1 atom stereocenters. The maximum atomic E-state index is 13.5. The number of thiazole rings is 1. The van der Waals surface area contributed by atoms with Gasteiger partial charge in [-0.2, -0.15) is 0 Å². The van der Waals surface area contributed by atoms with Crippen LogP contribution < -0.4 is 19.6 Å². The maximum absolute atomic E-state index is 13.5. The molecule has 0 N–H and O–H groups in total. The Balaban J connectivity index is 1.96. The number of carbonyl (C=O) groups excluding carboxylic acids is 1. The number of nitrogens with zero attached hydrogens (tertiary/aromatic N) is 2. The Kier molecular flexibility index (Phi) is 6.30. The Morgan fingerprint density at radius 2 is 1.94 bits per heavy atom. The fraction of sp³-hybridized carbons (Fsp3) is 0.208. The van der Waals surface area contributed by atoms with Gasteiger partial charge in [0, 0.05) is 10.6 Å². The van der Waals surface area contributed by atoms with Crippen molar-refractivity contribution in [2.75, 3.05) is 13.7 Å². The van der Waals surface area contributed by atoms with E-state index in [0.717, 1.165) is 11.1 Å². The maximum Gasteiger partial charge on any atom is 0.338 e. The topological polar surface area (TPSA) is 69.9 Å². The summed E-state index contributed by atoms with van der Waals surface area (Å²) < 4.78 is 12.7. The average molecular weight is 469 g/mol. The van der Waals surface area contributed by atoms with Crippen molar-refractivity contribution in [1.29, 1.82) is 0 Å². The molecule has 0 saturated carbocycles. The molecule has 1 aliphatic heterocycles. The van der Waals surface area contributed by atoms with Crippen LogP contribution >= 0.6 is 22.9 Å². The largest absolute Gasteiger partial charge is 0.493 e. The number of aromatic nitrogens is 1. The van der Waals surface area contributed by atoms with E-state index < -0.39 is 12.0 Å². The van der Waals surface area contributed by atoms with E-state index in [4.69, 9.17) is 21.1 Å². The van der Waals surface area contributed by atoms with Crippen molar-refractivity contribution in [3.63, 3.8) is 0 Å². The molecule has 8 heteroatoms. The first-order valence-electron chi connectivity index (χ1n) is 10.0. The third kappa shape index (κ3) is 4.01. The Labute approximate surface area is 193 Å². The smallest absolute Gasteiger partial charge is 0.338 e. The highest BCUT2D eigenvalue weighted by Gasteiger charge is 2.33. The summed E-state index contributed by atoms with van der Waals surface area (Å²) in [6.07, 6.45) is 1.80. The molecule has 4 rings (SSSR count). The van der Waals surface area contributed by atoms with Crippen molar-refractivity contribution in [2.45, 2.75) is 19.9 Å². The molecular formula is C24H21ClN2O4S. The highest BCUT2D eigenvalue weighted by atomic mass is 35.5. The summed E-state index contributed by atoms with van der Waals surface area (Å²) in [6, 6.07) is 13.9. The minimum atomic E-state index is -0.666. The number of allylic oxidation sites excluding steroid dienone is 1. The van der Waals surface area contributed by atoms with E-state index in [2.05, 4.69) is 4.99 Å². The number of fused-ring (bicyclic) bond motifs is 1. The predicted molar refractivity (Wildman–Crippen MR) is 125 cm³/mol. The van der Waals surface area contributed by atoms with Gasteiger partial charge in [-0.05, 0) is 43.7 Å². The van der Waals surface area contributed by atoms with Gasteiger partial charge in [0.1, 0.15) is 5.75 Å². The van der Waals surface area contributed by atoms with Crippen LogP contribution in [0.5, 0.6) is 5.75 Å². The summed E-state index contributed by atoms with van der Waals surface area (Å²) in [4.78, 5) is 31.3. The summed E-state index contributed by atoms with van der Waals surface area (Å²) in [5, 5.41) is 0.564. The van der Waals surface area contributed by atoms with E-state index in [1.807, 2.05) is 31.2 Å². The molecule has 1 aliphatic rings. The van der Waals surface area contributed by atoms with Crippen LogP contribution in [0, 0.1) is 0 Å². The van der Waals surface area contributed by atoms with E-state index >= 15 is 0 Å². The van der Waals surface area contributed by atoms with Gasteiger partial charge in [-0.1, -0.05) is 53.3 Å². The van der Waals surface area contributed by atoms with Gasteiger partial charge in [0.2, 0.25) is 0 Å². The summed E-state index contributed by atoms with van der Waals surface area (Å²) in [5.74, 6) is 0.170. The minimum absolute atomic E-state index is 0.242. The first kappa shape index (κ1) is 22.0. The number of hydrogen-bond donors (Lipinski definition) is 0. The molecule has 164 valence electrons. The first-order chi connectivity index (χ1) is 15.4. The van der Waals surface area contributed by atoms with Crippen LogP contribution in [0.3, 0.4) is 0 Å². The number of para-hydroxylation sites is 1. The third-order valence-corrected chi connectivity index (χ3v) is 6.35. The lowest BCUT2D eigenvalue weighted by Crippen LogP contribution is -2.39. The monoisotopic (exact) mass is 468 g/mol. The van der Waals surface area contributed by atoms with E-state index in [-0.39, 0.29) is 5.56 Å². The van der Waals surface area contributed by atoms with Gasteiger partial charge in [-0.15, -0.1) is 0 Å². The van der Waals surface area contributed by atoms with Crippen molar-refractivity contribution >= 4 is 35.0 Å². The van der Waals surface area contributed by atoms with Gasteiger partial charge in [0.15, 0.2) is 4.80 Å². The molecule has 32 heavy (non-hydrogen) atoms. The number of benzene rings is 2. The third-order valence-electron chi connectivity index (χ3n) is 5.12. The number of halogens is 1. The molecule has 0 fully saturated rings. The zero-order chi connectivity index (χ0) is 22.8. The molecule has 2 aromatic carbocycles.